The van der Waals surface area contributed by atoms with Crippen LogP contribution in [0.3, 0.4) is 0 Å². The van der Waals surface area contributed by atoms with Crippen molar-refractivity contribution in [3.05, 3.63) is 86.3 Å². The van der Waals surface area contributed by atoms with E-state index in [1.165, 1.54) is 6.07 Å². The quantitative estimate of drug-likeness (QED) is 0.507. The van der Waals surface area contributed by atoms with Crippen LogP contribution in [0, 0.1) is 5.82 Å². The molecular formula is C20H14BrFN2OS. The lowest BCUT2D eigenvalue weighted by Gasteiger charge is -2.38. The van der Waals surface area contributed by atoms with Crippen LogP contribution in [0.1, 0.15) is 34.7 Å². The van der Waals surface area contributed by atoms with Crippen molar-refractivity contribution in [2.75, 3.05) is 0 Å². The molecule has 2 aliphatic heterocycles. The molecule has 0 aliphatic carbocycles. The van der Waals surface area contributed by atoms with Crippen molar-refractivity contribution in [3.8, 4) is 5.75 Å². The minimum absolute atomic E-state index is 0.0259. The smallest absolute Gasteiger partial charge is 0.216 e. The minimum atomic E-state index is -0.577. The van der Waals surface area contributed by atoms with Gasteiger partial charge in [0.25, 0.3) is 0 Å². The van der Waals surface area contributed by atoms with E-state index in [1.54, 1.807) is 23.5 Å². The fourth-order valence-electron chi connectivity index (χ4n) is 3.53. The minimum Gasteiger partial charge on any atom is -0.464 e. The van der Waals surface area contributed by atoms with Gasteiger partial charge in [0, 0.05) is 16.5 Å². The second kappa shape index (κ2) is 6.21. The molecule has 3 nitrogen and oxygen atoms in total. The number of nitrogens with zero attached hydrogens (tertiary/aromatic N) is 2. The highest BCUT2D eigenvalue weighted by molar-refractivity contribution is 9.10. The molecule has 6 heteroatoms. The molecule has 3 aromatic rings. The Hall–Kier alpha value is -2.18. The van der Waals surface area contributed by atoms with Gasteiger partial charge in [0.1, 0.15) is 11.6 Å². The lowest BCUT2D eigenvalue weighted by atomic mass is 9.97. The maximum atomic E-state index is 14.5. The molecule has 0 N–H and O–H groups in total. The van der Waals surface area contributed by atoms with Crippen molar-refractivity contribution in [2.24, 2.45) is 5.10 Å². The van der Waals surface area contributed by atoms with Gasteiger partial charge in [-0.25, -0.2) is 9.40 Å². The van der Waals surface area contributed by atoms with Gasteiger partial charge < -0.3 is 4.74 Å². The molecule has 0 unspecified atom stereocenters. The zero-order chi connectivity index (χ0) is 17.7. The van der Waals surface area contributed by atoms with Crippen LogP contribution in [0.4, 0.5) is 4.39 Å². The highest BCUT2D eigenvalue weighted by Crippen LogP contribution is 2.48. The molecular weight excluding hydrogens is 415 g/mol. The first-order valence-electron chi connectivity index (χ1n) is 8.31. The van der Waals surface area contributed by atoms with Crippen LogP contribution in [0.2, 0.25) is 0 Å². The third kappa shape index (κ3) is 2.56. The van der Waals surface area contributed by atoms with E-state index in [0.717, 1.165) is 32.8 Å². The fraction of sp³-hybridized carbons (Fsp3) is 0.150. The van der Waals surface area contributed by atoms with E-state index in [4.69, 9.17) is 9.84 Å². The molecule has 0 bridgehead atoms. The monoisotopic (exact) mass is 428 g/mol. The average Bonchev–Trinajstić information content (AvgIpc) is 3.31. The highest BCUT2D eigenvalue weighted by atomic mass is 79.9. The summed E-state index contributed by atoms with van der Waals surface area (Å²) in [5.74, 6) is 0.502. The number of benzene rings is 2. The Bertz CT molecular complexity index is 1000. The van der Waals surface area contributed by atoms with Crippen LogP contribution in [0.5, 0.6) is 5.75 Å². The molecule has 0 amide bonds. The highest BCUT2D eigenvalue weighted by Gasteiger charge is 2.42. The summed E-state index contributed by atoms with van der Waals surface area (Å²) in [6, 6.07) is 16.8. The Morgan fingerprint density at radius 3 is 2.81 bits per heavy atom. The second-order valence-electron chi connectivity index (χ2n) is 6.30. The second-order valence-corrected chi connectivity index (χ2v) is 8.16. The van der Waals surface area contributed by atoms with Gasteiger partial charge in [-0.2, -0.15) is 5.10 Å². The molecule has 2 aliphatic rings. The fourth-order valence-corrected chi connectivity index (χ4v) is 4.63. The lowest BCUT2D eigenvalue weighted by Crippen LogP contribution is -2.34. The van der Waals surface area contributed by atoms with Gasteiger partial charge in [0.2, 0.25) is 6.23 Å². The predicted molar refractivity (Wildman–Crippen MR) is 104 cm³/mol. The van der Waals surface area contributed by atoms with Crippen LogP contribution in [-0.2, 0) is 0 Å². The van der Waals surface area contributed by atoms with Gasteiger partial charge in [-0.05, 0) is 35.7 Å². The lowest BCUT2D eigenvalue weighted by molar-refractivity contribution is -0.0212. The number of ether oxygens (including phenoxy) is 1. The number of hydrogen-bond donors (Lipinski definition) is 0. The van der Waals surface area contributed by atoms with Crippen molar-refractivity contribution in [3.63, 3.8) is 0 Å². The molecule has 2 aromatic carbocycles. The molecule has 0 fully saturated rings. The molecule has 0 spiro atoms. The van der Waals surface area contributed by atoms with Gasteiger partial charge in [0.05, 0.1) is 22.2 Å². The van der Waals surface area contributed by atoms with Gasteiger partial charge in [-0.3, -0.25) is 0 Å². The Balaban J connectivity index is 1.64. The van der Waals surface area contributed by atoms with E-state index in [9.17, 15) is 4.39 Å². The summed E-state index contributed by atoms with van der Waals surface area (Å²) in [6.07, 6.45) is 0.200. The Morgan fingerprint density at radius 1 is 1.12 bits per heavy atom. The zero-order valence-corrected chi connectivity index (χ0v) is 16.0. The van der Waals surface area contributed by atoms with E-state index in [0.29, 0.717) is 5.56 Å². The number of thiophene rings is 1. The molecule has 5 rings (SSSR count). The normalized spacial score (nSPS) is 21.0. The van der Waals surface area contributed by atoms with E-state index in [2.05, 4.69) is 28.1 Å². The Labute approximate surface area is 162 Å². The third-order valence-corrected chi connectivity index (χ3v) is 6.14. The SMILES string of the molecule is Fc1ccccc1[C@@H]1Oc2ccc(Br)cc2[C@H]2CC(c3cccs3)=NN21. The standard InChI is InChI=1S/C20H14BrFN2OS/c21-12-7-8-18-14(10-12)17-11-16(19-6-3-9-26-19)23-24(17)20(25-18)13-4-1-2-5-15(13)22/h1-10,17,20H,11H2/t17-,20+/m1/s1. The number of hydrogen-bond acceptors (Lipinski definition) is 4. The summed E-state index contributed by atoms with van der Waals surface area (Å²) in [4.78, 5) is 1.14. The van der Waals surface area contributed by atoms with Crippen molar-refractivity contribution >= 4 is 33.0 Å². The molecule has 0 radical (unpaired) electrons. The van der Waals surface area contributed by atoms with Crippen molar-refractivity contribution < 1.29 is 9.13 Å². The number of rotatable bonds is 2. The summed E-state index contributed by atoms with van der Waals surface area (Å²) in [6.45, 7) is 0. The van der Waals surface area contributed by atoms with Crippen LogP contribution in [-0.4, -0.2) is 10.7 Å². The van der Waals surface area contributed by atoms with Gasteiger partial charge in [0.15, 0.2) is 0 Å². The molecule has 1 aromatic heterocycles. The van der Waals surface area contributed by atoms with E-state index in [1.807, 2.05) is 34.7 Å². The maximum absolute atomic E-state index is 14.5. The van der Waals surface area contributed by atoms with Crippen LogP contribution in [0.25, 0.3) is 0 Å². The van der Waals surface area contributed by atoms with E-state index in [-0.39, 0.29) is 11.9 Å². The average molecular weight is 429 g/mol. The van der Waals surface area contributed by atoms with Gasteiger partial charge >= 0.3 is 0 Å². The first-order chi connectivity index (χ1) is 12.7. The first-order valence-corrected chi connectivity index (χ1v) is 9.98. The topological polar surface area (TPSA) is 24.8 Å². The molecule has 130 valence electrons. The third-order valence-electron chi connectivity index (χ3n) is 4.73. The molecule has 26 heavy (non-hydrogen) atoms. The summed E-state index contributed by atoms with van der Waals surface area (Å²) in [5, 5.41) is 8.78. The first kappa shape index (κ1) is 16.0. The van der Waals surface area contributed by atoms with Crippen molar-refractivity contribution in [1.29, 1.82) is 0 Å². The van der Waals surface area contributed by atoms with Crippen LogP contribution in [0.15, 0.2) is 69.6 Å². The molecule has 2 atom stereocenters. The maximum Gasteiger partial charge on any atom is 0.216 e. The van der Waals surface area contributed by atoms with E-state index >= 15 is 0 Å². The zero-order valence-electron chi connectivity index (χ0n) is 13.6. The summed E-state index contributed by atoms with van der Waals surface area (Å²) in [5.41, 5.74) is 2.59. The number of hydrazone groups is 1. The summed E-state index contributed by atoms with van der Waals surface area (Å²) < 4.78 is 21.7. The predicted octanol–water partition coefficient (Wildman–Crippen LogP) is 5.89. The van der Waals surface area contributed by atoms with E-state index < -0.39 is 6.23 Å². The van der Waals surface area contributed by atoms with Gasteiger partial charge in [-0.15, -0.1) is 11.3 Å². The Morgan fingerprint density at radius 2 is 2.00 bits per heavy atom. The summed E-state index contributed by atoms with van der Waals surface area (Å²) >= 11 is 5.21. The largest absolute Gasteiger partial charge is 0.464 e. The number of fused-ring (bicyclic) bond motifs is 3. The molecule has 0 saturated carbocycles. The van der Waals surface area contributed by atoms with Crippen molar-refractivity contribution in [1.82, 2.24) is 5.01 Å². The van der Waals surface area contributed by atoms with Gasteiger partial charge in [-0.1, -0.05) is 40.2 Å². The summed E-state index contributed by atoms with van der Waals surface area (Å²) in [7, 11) is 0. The molecule has 0 saturated heterocycles. The van der Waals surface area contributed by atoms with Crippen LogP contribution >= 0.6 is 27.3 Å². The molecule has 3 heterocycles. The van der Waals surface area contributed by atoms with Crippen molar-refractivity contribution in [2.45, 2.75) is 18.7 Å². The van der Waals surface area contributed by atoms with Crippen LogP contribution < -0.4 is 4.74 Å². The Kier molecular flexibility index (Phi) is 3.83. The number of halogens is 2.